The van der Waals surface area contributed by atoms with Crippen molar-refractivity contribution in [3.63, 3.8) is 0 Å². The van der Waals surface area contributed by atoms with Crippen LogP contribution in [0.25, 0.3) is 22.4 Å². The highest BCUT2D eigenvalue weighted by atomic mass is 19.1. The lowest BCUT2D eigenvalue weighted by molar-refractivity contribution is 0.0696. The summed E-state index contributed by atoms with van der Waals surface area (Å²) in [6.07, 6.45) is 4.36. The van der Waals surface area contributed by atoms with Crippen molar-refractivity contribution in [1.82, 2.24) is 14.9 Å². The first kappa shape index (κ1) is 22.0. The summed E-state index contributed by atoms with van der Waals surface area (Å²) < 4.78 is 15.3. The maximum Gasteiger partial charge on any atom is 0.335 e. The van der Waals surface area contributed by atoms with E-state index in [1.807, 2.05) is 18.2 Å². The normalized spacial score (nSPS) is 14.7. The van der Waals surface area contributed by atoms with Gasteiger partial charge < -0.3 is 15.0 Å². The molecule has 1 heterocycles. The van der Waals surface area contributed by atoms with Crippen molar-refractivity contribution in [2.45, 2.75) is 45.6 Å². The second-order valence-electron chi connectivity index (χ2n) is 9.31. The number of fused-ring (bicyclic) bond motifs is 1. The number of imidazole rings is 1. The monoisotopic (exact) mass is 437 g/mol. The van der Waals surface area contributed by atoms with Gasteiger partial charge in [0.2, 0.25) is 0 Å². The molecule has 168 valence electrons. The van der Waals surface area contributed by atoms with E-state index in [0.29, 0.717) is 11.1 Å². The molecule has 32 heavy (non-hydrogen) atoms. The van der Waals surface area contributed by atoms with Crippen LogP contribution in [0.15, 0.2) is 42.5 Å². The molecular weight excluding hydrogens is 409 g/mol. The zero-order chi connectivity index (χ0) is 22.9. The minimum absolute atomic E-state index is 0.198. The van der Waals surface area contributed by atoms with Gasteiger partial charge in [-0.05, 0) is 43.2 Å². The first-order valence-electron chi connectivity index (χ1n) is 11.0. The molecule has 0 radical (unpaired) electrons. The number of alkyl halides is 1. The second kappa shape index (κ2) is 8.73. The van der Waals surface area contributed by atoms with Crippen molar-refractivity contribution < 1.29 is 19.1 Å². The highest BCUT2D eigenvalue weighted by molar-refractivity contribution is 5.96. The van der Waals surface area contributed by atoms with Crippen LogP contribution in [0.2, 0.25) is 0 Å². The summed E-state index contributed by atoms with van der Waals surface area (Å²) in [6, 6.07) is 12.6. The first-order valence-corrected chi connectivity index (χ1v) is 11.0. The van der Waals surface area contributed by atoms with Gasteiger partial charge >= 0.3 is 5.97 Å². The van der Waals surface area contributed by atoms with Crippen LogP contribution in [-0.2, 0) is 0 Å². The number of amides is 1. The molecule has 0 spiro atoms. The lowest BCUT2D eigenvalue weighted by Crippen LogP contribution is -2.35. The van der Waals surface area contributed by atoms with Gasteiger partial charge in [-0.1, -0.05) is 38.8 Å². The third-order valence-electron chi connectivity index (χ3n) is 6.10. The maximum atomic E-state index is 13.1. The molecule has 0 aliphatic heterocycles. The number of halogens is 1. The van der Waals surface area contributed by atoms with Crippen molar-refractivity contribution in [2.24, 2.45) is 5.41 Å². The maximum absolute atomic E-state index is 13.1. The fourth-order valence-electron chi connectivity index (χ4n) is 4.24. The molecule has 2 aromatic carbocycles. The predicted molar refractivity (Wildman–Crippen MR) is 122 cm³/mol. The zero-order valence-electron chi connectivity index (χ0n) is 18.4. The fourth-order valence-corrected chi connectivity index (χ4v) is 4.24. The molecule has 0 unspecified atom stereocenters. The van der Waals surface area contributed by atoms with E-state index in [1.54, 1.807) is 38.1 Å². The Balaban J connectivity index is 1.74. The Morgan fingerprint density at radius 3 is 2.59 bits per heavy atom. The summed E-state index contributed by atoms with van der Waals surface area (Å²) in [5.41, 5.74) is 2.38. The Bertz CT molecular complexity index is 1160. The van der Waals surface area contributed by atoms with Gasteiger partial charge in [-0.25, -0.2) is 9.78 Å². The van der Waals surface area contributed by atoms with Crippen LogP contribution in [0, 0.1) is 5.41 Å². The smallest absolute Gasteiger partial charge is 0.335 e. The molecule has 2 N–H and O–H groups in total. The molecule has 1 amide bonds. The van der Waals surface area contributed by atoms with Crippen LogP contribution >= 0.6 is 0 Å². The number of benzene rings is 2. The fraction of sp³-hybridized carbons (Fsp3) is 0.400. The lowest BCUT2D eigenvalue weighted by atomic mass is 9.95. The molecule has 0 saturated heterocycles. The minimum atomic E-state index is -0.987. The molecule has 1 aliphatic carbocycles. The topological polar surface area (TPSA) is 84.2 Å². The number of aromatic carboxylic acids is 1. The van der Waals surface area contributed by atoms with Gasteiger partial charge in [0, 0.05) is 29.1 Å². The number of carbonyl (C=O) groups excluding carboxylic acids is 1. The molecule has 1 aliphatic rings. The average Bonchev–Trinajstić information content (AvgIpc) is 3.44. The van der Waals surface area contributed by atoms with Gasteiger partial charge in [-0.2, -0.15) is 0 Å². The number of nitrogens with zero attached hydrogens (tertiary/aromatic N) is 2. The average molecular weight is 438 g/mol. The number of rotatable bonds is 7. The van der Waals surface area contributed by atoms with Crippen LogP contribution in [0.4, 0.5) is 4.39 Å². The standard InChI is InChI=1S/C25H28FN3O3/c1-25(2,14-26)15-27-23(30)17-7-5-6-16(12-17)22-28-20-13-18(24(31)32)10-11-21(20)29(22)19-8-3-4-9-19/h5-7,10-13,19H,3-4,8-9,14-15H2,1-2H3,(H,27,30)(H,31,32). The molecule has 7 heteroatoms. The quantitative estimate of drug-likeness (QED) is 0.529. The van der Waals surface area contributed by atoms with Crippen LogP contribution < -0.4 is 5.32 Å². The molecule has 6 nitrogen and oxygen atoms in total. The predicted octanol–water partition coefficient (Wildman–Crippen LogP) is 5.24. The van der Waals surface area contributed by atoms with Gasteiger partial charge in [0.05, 0.1) is 23.3 Å². The van der Waals surface area contributed by atoms with Crippen molar-refractivity contribution in [3.8, 4) is 11.4 Å². The third kappa shape index (κ3) is 4.38. The lowest BCUT2D eigenvalue weighted by Gasteiger charge is -2.21. The first-order chi connectivity index (χ1) is 15.3. The van der Waals surface area contributed by atoms with Gasteiger partial charge in [0.1, 0.15) is 5.82 Å². The van der Waals surface area contributed by atoms with Gasteiger partial charge in [-0.3, -0.25) is 9.18 Å². The third-order valence-corrected chi connectivity index (χ3v) is 6.10. The molecule has 3 aromatic rings. The number of carboxylic acids is 1. The molecule has 1 fully saturated rings. The summed E-state index contributed by atoms with van der Waals surface area (Å²) in [7, 11) is 0. The molecule has 0 atom stereocenters. The number of carboxylic acid groups (broad SMARTS) is 1. The molecule has 1 aromatic heterocycles. The summed E-state index contributed by atoms with van der Waals surface area (Å²) in [5, 5.41) is 12.2. The second-order valence-corrected chi connectivity index (χ2v) is 9.31. The Morgan fingerprint density at radius 1 is 1.16 bits per heavy atom. The summed E-state index contributed by atoms with van der Waals surface area (Å²) in [6.45, 7) is 3.25. The van der Waals surface area contributed by atoms with E-state index in [2.05, 4.69) is 9.88 Å². The summed E-state index contributed by atoms with van der Waals surface area (Å²) in [4.78, 5) is 28.9. The molecular formula is C25H28FN3O3. The Kier molecular flexibility index (Phi) is 6.00. The van der Waals surface area contributed by atoms with Crippen LogP contribution in [0.1, 0.15) is 66.3 Å². The number of carbonyl (C=O) groups is 2. The van der Waals surface area contributed by atoms with E-state index in [9.17, 15) is 19.1 Å². The number of hydrogen-bond donors (Lipinski definition) is 2. The van der Waals surface area contributed by atoms with Crippen molar-refractivity contribution in [1.29, 1.82) is 0 Å². The molecule has 0 bridgehead atoms. The Hall–Kier alpha value is -3.22. The van der Waals surface area contributed by atoms with Crippen LogP contribution in [0.5, 0.6) is 0 Å². The Morgan fingerprint density at radius 2 is 1.91 bits per heavy atom. The Labute approximate surface area is 186 Å². The summed E-state index contributed by atoms with van der Waals surface area (Å²) >= 11 is 0. The van der Waals surface area contributed by atoms with Gasteiger partial charge in [-0.15, -0.1) is 0 Å². The van der Waals surface area contributed by atoms with Gasteiger partial charge in [0.15, 0.2) is 0 Å². The highest BCUT2D eigenvalue weighted by Crippen LogP contribution is 2.37. The van der Waals surface area contributed by atoms with E-state index in [0.717, 1.165) is 42.6 Å². The zero-order valence-corrected chi connectivity index (χ0v) is 18.4. The van der Waals surface area contributed by atoms with Crippen molar-refractivity contribution in [3.05, 3.63) is 53.6 Å². The largest absolute Gasteiger partial charge is 0.478 e. The van der Waals surface area contributed by atoms with E-state index in [-0.39, 0.29) is 24.1 Å². The number of nitrogens with one attached hydrogen (secondary N) is 1. The van der Waals surface area contributed by atoms with Crippen molar-refractivity contribution in [2.75, 3.05) is 13.2 Å². The number of aromatic nitrogens is 2. The van der Waals surface area contributed by atoms with E-state index in [1.165, 1.54) is 0 Å². The van der Waals surface area contributed by atoms with Crippen molar-refractivity contribution >= 4 is 22.9 Å². The van der Waals surface area contributed by atoms with E-state index < -0.39 is 18.1 Å². The SMILES string of the molecule is CC(C)(CF)CNC(=O)c1cccc(-c2nc3cc(C(=O)O)ccc3n2C2CCCC2)c1. The van der Waals surface area contributed by atoms with E-state index in [4.69, 9.17) is 4.98 Å². The van der Waals surface area contributed by atoms with Crippen LogP contribution in [0.3, 0.4) is 0 Å². The van der Waals surface area contributed by atoms with E-state index >= 15 is 0 Å². The highest BCUT2D eigenvalue weighted by Gasteiger charge is 2.25. The van der Waals surface area contributed by atoms with Crippen LogP contribution in [-0.4, -0.2) is 39.8 Å². The van der Waals surface area contributed by atoms with Gasteiger partial charge in [0.25, 0.3) is 5.91 Å². The minimum Gasteiger partial charge on any atom is -0.478 e. The molecule has 4 rings (SSSR count). The molecule has 1 saturated carbocycles. The number of hydrogen-bond acceptors (Lipinski definition) is 3. The summed E-state index contributed by atoms with van der Waals surface area (Å²) in [5.74, 6) is -0.517.